The maximum absolute atomic E-state index is 4.24. The maximum atomic E-state index is 4.24. The number of aliphatic imine (C=N–C) groups is 1. The molecule has 0 amide bonds. The minimum Gasteiger partial charge on any atom is -0.298 e. The zero-order valence-electron chi connectivity index (χ0n) is 6.42. The molecule has 1 fully saturated rings. The molecule has 56 valence electrons. The lowest BCUT2D eigenvalue weighted by molar-refractivity contribution is 0.200. The van der Waals surface area contributed by atoms with Crippen LogP contribution in [0.15, 0.2) is 4.99 Å². The molecule has 0 N–H and O–H groups in total. The highest BCUT2D eigenvalue weighted by Crippen LogP contribution is 2.37. The molecule has 0 spiro atoms. The fourth-order valence-corrected chi connectivity index (χ4v) is 2.00. The largest absolute Gasteiger partial charge is 0.298 e. The van der Waals surface area contributed by atoms with Crippen molar-refractivity contribution in [2.75, 3.05) is 6.54 Å². The van der Waals surface area contributed by atoms with Crippen LogP contribution in [0.5, 0.6) is 0 Å². The molecular formula is C9H15N. The first kappa shape index (κ1) is 6.38. The fraction of sp³-hybridized carbons (Fsp3) is 0.889. The molecule has 2 aliphatic rings. The van der Waals surface area contributed by atoms with E-state index in [1.807, 2.05) is 0 Å². The van der Waals surface area contributed by atoms with Gasteiger partial charge in [0.15, 0.2) is 0 Å². The van der Waals surface area contributed by atoms with Gasteiger partial charge in [0.2, 0.25) is 0 Å². The second-order valence-corrected chi connectivity index (χ2v) is 3.56. The van der Waals surface area contributed by atoms with Gasteiger partial charge in [-0.15, -0.1) is 0 Å². The van der Waals surface area contributed by atoms with Gasteiger partial charge in [-0.1, -0.05) is 19.3 Å². The lowest BCUT2D eigenvalue weighted by Crippen LogP contribution is -2.24. The summed E-state index contributed by atoms with van der Waals surface area (Å²) in [5, 5.41) is 0. The van der Waals surface area contributed by atoms with Crippen molar-refractivity contribution in [2.45, 2.75) is 32.1 Å². The van der Waals surface area contributed by atoms with Crippen LogP contribution in [0.2, 0.25) is 0 Å². The van der Waals surface area contributed by atoms with Crippen LogP contribution in [0, 0.1) is 11.8 Å². The molecule has 1 saturated carbocycles. The van der Waals surface area contributed by atoms with Gasteiger partial charge in [-0.2, -0.15) is 0 Å². The van der Waals surface area contributed by atoms with E-state index in [-0.39, 0.29) is 0 Å². The van der Waals surface area contributed by atoms with Crippen LogP contribution < -0.4 is 0 Å². The Balaban J connectivity index is 1.86. The molecule has 1 unspecified atom stereocenters. The number of hydrogen-bond donors (Lipinski definition) is 0. The van der Waals surface area contributed by atoms with Gasteiger partial charge in [-0.05, 0) is 30.9 Å². The summed E-state index contributed by atoms with van der Waals surface area (Å²) >= 11 is 0. The minimum absolute atomic E-state index is 1.01. The molecule has 0 aromatic rings. The molecular weight excluding hydrogens is 122 g/mol. The Labute approximate surface area is 62.5 Å². The van der Waals surface area contributed by atoms with Crippen LogP contribution in [0.4, 0.5) is 0 Å². The average Bonchev–Trinajstić information content (AvgIpc) is 1.86. The van der Waals surface area contributed by atoms with Crippen LogP contribution in [-0.2, 0) is 0 Å². The summed E-state index contributed by atoms with van der Waals surface area (Å²) in [6.45, 7) is 1.10. The number of rotatable bonds is 1. The Kier molecular flexibility index (Phi) is 1.74. The summed E-state index contributed by atoms with van der Waals surface area (Å²) in [6, 6.07) is 0. The summed E-state index contributed by atoms with van der Waals surface area (Å²) < 4.78 is 0. The monoisotopic (exact) mass is 137 g/mol. The van der Waals surface area contributed by atoms with E-state index in [1.165, 1.54) is 32.1 Å². The zero-order valence-corrected chi connectivity index (χ0v) is 6.42. The molecule has 0 radical (unpaired) electrons. The molecule has 2 rings (SSSR count). The van der Waals surface area contributed by atoms with Crippen molar-refractivity contribution in [1.82, 2.24) is 0 Å². The van der Waals surface area contributed by atoms with Crippen LogP contribution in [-0.4, -0.2) is 12.8 Å². The first-order valence-electron chi connectivity index (χ1n) is 4.45. The molecule has 1 heterocycles. The van der Waals surface area contributed by atoms with E-state index < -0.39 is 0 Å². The average molecular weight is 137 g/mol. The highest BCUT2D eigenvalue weighted by Gasteiger charge is 2.26. The van der Waals surface area contributed by atoms with E-state index in [0.717, 1.165) is 18.4 Å². The van der Waals surface area contributed by atoms with E-state index in [2.05, 4.69) is 11.2 Å². The number of hydrogen-bond acceptors (Lipinski definition) is 1. The third kappa shape index (κ3) is 1.09. The molecule has 0 aromatic carbocycles. The lowest BCUT2D eigenvalue weighted by Gasteiger charge is -2.34. The van der Waals surface area contributed by atoms with E-state index in [0.29, 0.717) is 0 Å². The van der Waals surface area contributed by atoms with Crippen molar-refractivity contribution in [3.05, 3.63) is 0 Å². The molecule has 1 atom stereocenters. The van der Waals surface area contributed by atoms with Crippen molar-refractivity contribution in [3.63, 3.8) is 0 Å². The third-order valence-electron chi connectivity index (χ3n) is 2.98. The van der Waals surface area contributed by atoms with Gasteiger partial charge in [0.25, 0.3) is 0 Å². The second kappa shape index (κ2) is 2.73. The standard InChI is InChI=1S/C9H15N/c1-2-8(3-1)9-4-6-10-7-5-9/h6,8-9H,1-5,7H2. The van der Waals surface area contributed by atoms with Gasteiger partial charge < -0.3 is 0 Å². The predicted octanol–water partition coefficient (Wildman–Crippen LogP) is 2.27. The maximum Gasteiger partial charge on any atom is 0.0388 e. The van der Waals surface area contributed by atoms with E-state index in [4.69, 9.17) is 0 Å². The smallest absolute Gasteiger partial charge is 0.0388 e. The molecule has 1 aliphatic heterocycles. The second-order valence-electron chi connectivity index (χ2n) is 3.56. The van der Waals surface area contributed by atoms with Gasteiger partial charge in [0.05, 0.1) is 0 Å². The van der Waals surface area contributed by atoms with E-state index >= 15 is 0 Å². The van der Waals surface area contributed by atoms with Gasteiger partial charge in [0.1, 0.15) is 0 Å². The summed E-state index contributed by atoms with van der Waals surface area (Å²) in [5.41, 5.74) is 0. The third-order valence-corrected chi connectivity index (χ3v) is 2.98. The van der Waals surface area contributed by atoms with Crippen molar-refractivity contribution in [1.29, 1.82) is 0 Å². The molecule has 0 saturated heterocycles. The Morgan fingerprint density at radius 3 is 2.50 bits per heavy atom. The Bertz CT molecular complexity index is 136. The summed E-state index contributed by atoms with van der Waals surface area (Å²) in [5.74, 6) is 2.08. The van der Waals surface area contributed by atoms with E-state index in [1.54, 1.807) is 0 Å². The molecule has 10 heavy (non-hydrogen) atoms. The molecule has 1 nitrogen and oxygen atoms in total. The Morgan fingerprint density at radius 1 is 1.10 bits per heavy atom. The van der Waals surface area contributed by atoms with Crippen LogP contribution in [0.3, 0.4) is 0 Å². The molecule has 0 aromatic heterocycles. The van der Waals surface area contributed by atoms with Crippen molar-refractivity contribution < 1.29 is 0 Å². The Morgan fingerprint density at radius 2 is 2.00 bits per heavy atom. The summed E-state index contributed by atoms with van der Waals surface area (Å²) in [6.07, 6.45) is 9.24. The quantitative estimate of drug-likeness (QED) is 0.525. The van der Waals surface area contributed by atoms with Gasteiger partial charge in [-0.25, -0.2) is 0 Å². The molecule has 1 heteroatoms. The first-order valence-corrected chi connectivity index (χ1v) is 4.45. The van der Waals surface area contributed by atoms with Crippen molar-refractivity contribution in [2.24, 2.45) is 16.8 Å². The first-order chi connectivity index (χ1) is 4.97. The normalized spacial score (nSPS) is 33.8. The highest BCUT2D eigenvalue weighted by molar-refractivity contribution is 5.58. The topological polar surface area (TPSA) is 12.4 Å². The zero-order chi connectivity index (χ0) is 6.81. The van der Waals surface area contributed by atoms with E-state index in [9.17, 15) is 0 Å². The SMILES string of the molecule is C1=NCCC(C2CCC2)C1. The fourth-order valence-electron chi connectivity index (χ4n) is 2.00. The summed E-state index contributed by atoms with van der Waals surface area (Å²) in [4.78, 5) is 4.24. The minimum atomic E-state index is 1.01. The Hall–Kier alpha value is -0.330. The van der Waals surface area contributed by atoms with Gasteiger partial charge in [-0.3, -0.25) is 4.99 Å². The van der Waals surface area contributed by atoms with Crippen molar-refractivity contribution in [3.8, 4) is 0 Å². The lowest BCUT2D eigenvalue weighted by atomic mass is 9.73. The highest BCUT2D eigenvalue weighted by atomic mass is 14.7. The van der Waals surface area contributed by atoms with Crippen LogP contribution in [0.25, 0.3) is 0 Å². The predicted molar refractivity (Wildman–Crippen MR) is 43.4 cm³/mol. The van der Waals surface area contributed by atoms with Crippen molar-refractivity contribution >= 4 is 6.21 Å². The molecule has 1 aliphatic carbocycles. The summed E-state index contributed by atoms with van der Waals surface area (Å²) in [7, 11) is 0. The van der Waals surface area contributed by atoms with Crippen LogP contribution >= 0.6 is 0 Å². The van der Waals surface area contributed by atoms with Crippen LogP contribution in [0.1, 0.15) is 32.1 Å². The van der Waals surface area contributed by atoms with Gasteiger partial charge >= 0.3 is 0 Å². The number of nitrogens with zero attached hydrogens (tertiary/aromatic N) is 1. The molecule has 0 bridgehead atoms. The van der Waals surface area contributed by atoms with Gasteiger partial charge in [0, 0.05) is 6.54 Å².